The number of alkyl halides is 3. The SMILES string of the molecule is CO[C@@]1(N(C(=O)CCCC(NC(=O)OCC(Cl)(Cl)Cl)C(=O)O)C(=O)Cc2ccco2)C(=O)N2C(C(=O)O)=C(COC(N)=O)CS[C@H]21. The van der Waals surface area contributed by atoms with Crippen LogP contribution in [0.3, 0.4) is 0 Å². The van der Waals surface area contributed by atoms with Crippen molar-refractivity contribution in [1.29, 1.82) is 0 Å². The molecule has 3 heterocycles. The minimum atomic E-state index is -2.31. The van der Waals surface area contributed by atoms with E-state index in [9.17, 15) is 43.8 Å². The normalized spacial score (nSPS) is 19.8. The van der Waals surface area contributed by atoms with Gasteiger partial charge in [0.25, 0.3) is 11.6 Å². The van der Waals surface area contributed by atoms with Gasteiger partial charge in [-0.2, -0.15) is 0 Å². The van der Waals surface area contributed by atoms with Gasteiger partial charge in [0.15, 0.2) is 0 Å². The molecule has 46 heavy (non-hydrogen) atoms. The van der Waals surface area contributed by atoms with E-state index in [1.165, 1.54) is 18.4 Å². The van der Waals surface area contributed by atoms with Gasteiger partial charge in [0.05, 0.1) is 12.7 Å². The van der Waals surface area contributed by atoms with Crippen LogP contribution < -0.4 is 11.1 Å². The molecule has 5 amide bonds. The smallest absolute Gasteiger partial charge is 0.407 e. The third kappa shape index (κ3) is 8.35. The van der Waals surface area contributed by atoms with E-state index in [1.807, 2.05) is 0 Å². The summed E-state index contributed by atoms with van der Waals surface area (Å²) in [7, 11) is 1.05. The van der Waals surface area contributed by atoms with Crippen molar-refractivity contribution in [3.8, 4) is 0 Å². The molecule has 252 valence electrons. The zero-order valence-corrected chi connectivity index (χ0v) is 26.8. The van der Waals surface area contributed by atoms with Crippen molar-refractivity contribution < 1.29 is 62.4 Å². The van der Waals surface area contributed by atoms with E-state index in [2.05, 4.69) is 10.1 Å². The quantitative estimate of drug-likeness (QED) is 0.121. The van der Waals surface area contributed by atoms with Crippen molar-refractivity contribution in [2.75, 3.05) is 26.1 Å². The number of amides is 5. The molecule has 0 spiro atoms. The molecule has 2 aliphatic rings. The molecule has 1 saturated heterocycles. The average molecular weight is 730 g/mol. The molecule has 0 aliphatic carbocycles. The molecule has 2 aliphatic heterocycles. The van der Waals surface area contributed by atoms with E-state index in [1.54, 1.807) is 0 Å². The number of furan rings is 1. The summed E-state index contributed by atoms with van der Waals surface area (Å²) in [5.74, 6) is -6.00. The number of nitrogens with one attached hydrogen (secondary N) is 1. The van der Waals surface area contributed by atoms with E-state index >= 15 is 0 Å². The topological polar surface area (TPSA) is 245 Å². The molecule has 17 nitrogen and oxygen atoms in total. The summed E-state index contributed by atoms with van der Waals surface area (Å²) in [6.07, 6.45) is -2.68. The number of β-lactam (4-membered cyclic amide) rings is 1. The van der Waals surface area contributed by atoms with Gasteiger partial charge in [0, 0.05) is 24.9 Å². The number of rotatable bonds is 14. The molecule has 3 atom stereocenters. The Kier molecular flexibility index (Phi) is 12.2. The Balaban J connectivity index is 1.85. The Morgan fingerprint density at radius 1 is 1.22 bits per heavy atom. The average Bonchev–Trinajstić information content (AvgIpc) is 3.48. The lowest BCUT2D eigenvalue weighted by Gasteiger charge is -2.58. The number of halogens is 3. The molecule has 0 bridgehead atoms. The second kappa shape index (κ2) is 15.3. The highest BCUT2D eigenvalue weighted by Crippen LogP contribution is 2.50. The first kappa shape index (κ1) is 36.8. The van der Waals surface area contributed by atoms with Crippen LogP contribution in [0.1, 0.15) is 25.0 Å². The molecule has 0 radical (unpaired) electrons. The van der Waals surface area contributed by atoms with Gasteiger partial charge >= 0.3 is 24.1 Å². The number of fused-ring (bicyclic) bond motifs is 1. The number of hydrogen-bond acceptors (Lipinski definition) is 12. The lowest BCUT2D eigenvalue weighted by Crippen LogP contribution is -2.82. The second-order valence-electron chi connectivity index (χ2n) is 9.60. The lowest BCUT2D eigenvalue weighted by molar-refractivity contribution is -0.223. The number of methoxy groups -OCH3 is 1. The van der Waals surface area contributed by atoms with Gasteiger partial charge in [-0.3, -0.25) is 19.3 Å². The summed E-state index contributed by atoms with van der Waals surface area (Å²) < 4.78 is 18.2. The van der Waals surface area contributed by atoms with Crippen LogP contribution >= 0.6 is 46.6 Å². The zero-order valence-electron chi connectivity index (χ0n) is 23.7. The Bertz CT molecular complexity index is 1420. The van der Waals surface area contributed by atoms with Gasteiger partial charge in [0.1, 0.15) is 36.1 Å². The summed E-state index contributed by atoms with van der Waals surface area (Å²) in [6, 6.07) is 1.38. The predicted octanol–water partition coefficient (Wildman–Crippen LogP) is 1.59. The first-order valence-corrected chi connectivity index (χ1v) is 15.2. The Labute approximate surface area is 279 Å². The van der Waals surface area contributed by atoms with Gasteiger partial charge in [-0.05, 0) is 25.0 Å². The monoisotopic (exact) mass is 728 g/mol. The number of nitrogens with zero attached hydrogens (tertiary/aromatic N) is 2. The van der Waals surface area contributed by atoms with Gasteiger partial charge in [-0.15, -0.1) is 11.8 Å². The first-order valence-electron chi connectivity index (χ1n) is 13.0. The number of primary amides is 1. The number of carboxylic acid groups (broad SMARTS) is 2. The van der Waals surface area contributed by atoms with Crippen molar-refractivity contribution in [2.24, 2.45) is 5.73 Å². The van der Waals surface area contributed by atoms with E-state index in [0.29, 0.717) is 4.90 Å². The fourth-order valence-corrected chi connectivity index (χ4v) is 6.26. The molecule has 1 aromatic rings. The van der Waals surface area contributed by atoms with Crippen molar-refractivity contribution in [1.82, 2.24) is 15.1 Å². The molecule has 1 fully saturated rings. The Morgan fingerprint density at radius 3 is 2.46 bits per heavy atom. The van der Waals surface area contributed by atoms with Gasteiger partial charge < -0.3 is 39.9 Å². The molecule has 1 unspecified atom stereocenters. The minimum absolute atomic E-state index is 0.0324. The van der Waals surface area contributed by atoms with Gasteiger partial charge in [0.2, 0.25) is 15.6 Å². The number of carbonyl (C=O) groups is 7. The highest BCUT2D eigenvalue weighted by Gasteiger charge is 2.71. The van der Waals surface area contributed by atoms with Crippen molar-refractivity contribution in [3.05, 3.63) is 35.4 Å². The summed E-state index contributed by atoms with van der Waals surface area (Å²) in [6.45, 7) is -1.21. The van der Waals surface area contributed by atoms with Crippen LogP contribution in [0.25, 0.3) is 0 Å². The van der Waals surface area contributed by atoms with Crippen LogP contribution in [0.15, 0.2) is 34.1 Å². The number of nitrogens with two attached hydrogens (primary N) is 1. The fraction of sp³-hybridized carbons (Fsp3) is 0.480. The maximum absolute atomic E-state index is 13.7. The molecule has 5 N–H and O–H groups in total. The number of thioether (sulfide) groups is 1. The highest BCUT2D eigenvalue weighted by atomic mass is 35.6. The van der Waals surface area contributed by atoms with Crippen LogP contribution in [0.4, 0.5) is 9.59 Å². The predicted molar refractivity (Wildman–Crippen MR) is 157 cm³/mol. The standard InChI is InChI=1S/C25H27Cl3N4O13S/c1-42-25(20(39)31-17(19(37)38)12(9-44-22(29)40)10-46-21(25)31)32(16(34)8-13-4-3-7-43-13)15(33)6-2-5-14(18(35)36)30-23(41)45-11-24(26,27)28/h3-4,7,14,21H,2,5-6,8-11H2,1H3,(H2,29,40)(H,30,41)(H,35,36)(H,37,38)/t14?,21-,25-/m0/s1. The van der Waals surface area contributed by atoms with E-state index in [-0.39, 0.29) is 29.9 Å². The number of carboxylic acids is 2. The Hall–Kier alpha value is -3.71. The summed E-state index contributed by atoms with van der Waals surface area (Å²) >= 11 is 17.5. The number of carbonyl (C=O) groups excluding carboxylic acids is 5. The maximum atomic E-state index is 13.7. The summed E-state index contributed by atoms with van der Waals surface area (Å²) in [5.41, 5.74) is 2.17. The number of ether oxygens (including phenoxy) is 3. The molecular formula is C25H27Cl3N4O13S. The Morgan fingerprint density at radius 2 is 1.91 bits per heavy atom. The zero-order chi connectivity index (χ0) is 34.4. The van der Waals surface area contributed by atoms with Crippen LogP contribution in [0, 0.1) is 0 Å². The van der Waals surface area contributed by atoms with E-state index in [0.717, 1.165) is 23.8 Å². The van der Waals surface area contributed by atoms with Crippen molar-refractivity contribution >= 4 is 88.4 Å². The van der Waals surface area contributed by atoms with Crippen LogP contribution in [-0.4, -0.2) is 109 Å². The number of aliphatic carboxylic acids is 2. The molecular weight excluding hydrogens is 703 g/mol. The number of hydrogen-bond donors (Lipinski definition) is 4. The van der Waals surface area contributed by atoms with Crippen LogP contribution in [0.5, 0.6) is 0 Å². The largest absolute Gasteiger partial charge is 0.480 e. The van der Waals surface area contributed by atoms with Crippen molar-refractivity contribution in [2.45, 2.75) is 46.6 Å². The fourth-order valence-electron chi connectivity index (χ4n) is 4.63. The number of imide groups is 1. The van der Waals surface area contributed by atoms with E-state index in [4.69, 9.17) is 54.4 Å². The minimum Gasteiger partial charge on any atom is -0.480 e. The van der Waals surface area contributed by atoms with Crippen molar-refractivity contribution in [3.63, 3.8) is 0 Å². The third-order valence-electron chi connectivity index (χ3n) is 6.57. The summed E-state index contributed by atoms with van der Waals surface area (Å²) in [5, 5.41) is 20.2. The van der Waals surface area contributed by atoms with Crippen LogP contribution in [0.2, 0.25) is 0 Å². The molecule has 0 saturated carbocycles. The molecule has 3 rings (SSSR count). The second-order valence-corrected chi connectivity index (χ2v) is 13.2. The molecule has 21 heteroatoms. The maximum Gasteiger partial charge on any atom is 0.407 e. The van der Waals surface area contributed by atoms with Gasteiger partial charge in [-0.25, -0.2) is 24.1 Å². The number of alkyl carbamates (subject to hydrolysis) is 1. The highest BCUT2D eigenvalue weighted by molar-refractivity contribution is 8.00. The van der Waals surface area contributed by atoms with Gasteiger partial charge in [-0.1, -0.05) is 34.8 Å². The summed E-state index contributed by atoms with van der Waals surface area (Å²) in [4.78, 5) is 89.4. The van der Waals surface area contributed by atoms with E-state index < -0.39 is 94.5 Å². The lowest BCUT2D eigenvalue weighted by atomic mass is 9.94. The first-order chi connectivity index (χ1) is 21.5. The van der Waals surface area contributed by atoms with Crippen LogP contribution in [-0.2, 0) is 44.6 Å². The third-order valence-corrected chi connectivity index (χ3v) is 8.25. The molecule has 1 aromatic heterocycles. The molecule has 0 aromatic carbocycles.